The van der Waals surface area contributed by atoms with Crippen molar-refractivity contribution < 1.29 is 0 Å². The van der Waals surface area contributed by atoms with Gasteiger partial charge < -0.3 is 10.7 Å². The molecule has 5 nitrogen and oxygen atoms in total. The molecule has 0 aliphatic heterocycles. The zero-order chi connectivity index (χ0) is 13.0. The first-order chi connectivity index (χ1) is 8.70. The van der Waals surface area contributed by atoms with Gasteiger partial charge in [0.25, 0.3) is 0 Å². The summed E-state index contributed by atoms with van der Waals surface area (Å²) < 4.78 is 0.722. The number of nitrogens with zero attached hydrogens (tertiary/aromatic N) is 2. The lowest BCUT2D eigenvalue weighted by Gasteiger charge is -2.09. The number of hydrogen-bond acceptors (Lipinski definition) is 5. The van der Waals surface area contributed by atoms with E-state index in [4.69, 9.17) is 5.84 Å². The molecule has 1 heterocycles. The van der Waals surface area contributed by atoms with Crippen molar-refractivity contribution >= 4 is 27.6 Å². The Balaban J connectivity index is 2.08. The quantitative estimate of drug-likeness (QED) is 0.597. The zero-order valence-electron chi connectivity index (χ0n) is 9.94. The average Bonchev–Trinajstić information content (AvgIpc) is 2.39. The predicted octanol–water partition coefficient (Wildman–Crippen LogP) is 2.45. The van der Waals surface area contributed by atoms with E-state index in [1.54, 1.807) is 0 Å². The second kappa shape index (κ2) is 5.79. The van der Waals surface area contributed by atoms with E-state index >= 15 is 0 Å². The maximum Gasteiger partial charge on any atom is 0.159 e. The summed E-state index contributed by atoms with van der Waals surface area (Å²) in [5.74, 6) is 6.60. The van der Waals surface area contributed by atoms with E-state index in [0.29, 0.717) is 18.2 Å². The van der Waals surface area contributed by atoms with Gasteiger partial charge in [-0.05, 0) is 28.4 Å². The van der Waals surface area contributed by atoms with Gasteiger partial charge in [0, 0.05) is 6.54 Å². The average molecular weight is 308 g/mol. The van der Waals surface area contributed by atoms with E-state index in [1.165, 1.54) is 17.5 Å². The fraction of sp³-hybridized carbons (Fsp3) is 0.167. The highest BCUT2D eigenvalue weighted by Crippen LogP contribution is 2.25. The topological polar surface area (TPSA) is 75.9 Å². The van der Waals surface area contributed by atoms with Gasteiger partial charge in [0.05, 0.1) is 0 Å². The number of aryl methyl sites for hydroxylation is 1. The van der Waals surface area contributed by atoms with Crippen LogP contribution in [0.25, 0.3) is 0 Å². The molecule has 0 spiro atoms. The van der Waals surface area contributed by atoms with Crippen molar-refractivity contribution in [3.05, 3.63) is 46.2 Å². The molecule has 18 heavy (non-hydrogen) atoms. The van der Waals surface area contributed by atoms with Crippen LogP contribution in [-0.4, -0.2) is 9.97 Å². The van der Waals surface area contributed by atoms with E-state index in [9.17, 15) is 0 Å². The standard InChI is InChI=1S/C12H14BrN5/c1-8-2-4-9(5-3-8)6-15-11-10(13)12(18-14)17-7-16-11/h2-5,7H,6,14H2,1H3,(H2,15,16,17,18). The van der Waals surface area contributed by atoms with E-state index in [0.717, 1.165) is 4.47 Å². The van der Waals surface area contributed by atoms with Crippen molar-refractivity contribution in [2.24, 2.45) is 5.84 Å². The van der Waals surface area contributed by atoms with Gasteiger partial charge in [-0.1, -0.05) is 29.8 Å². The molecule has 0 fully saturated rings. The van der Waals surface area contributed by atoms with Crippen molar-refractivity contribution in [2.45, 2.75) is 13.5 Å². The molecule has 0 saturated heterocycles. The number of nitrogens with two attached hydrogens (primary N) is 1. The smallest absolute Gasteiger partial charge is 0.159 e. The first-order valence-corrected chi connectivity index (χ1v) is 6.26. The van der Waals surface area contributed by atoms with Crippen LogP contribution in [0.15, 0.2) is 35.1 Å². The van der Waals surface area contributed by atoms with E-state index in [1.807, 2.05) is 0 Å². The van der Waals surface area contributed by atoms with Crippen LogP contribution >= 0.6 is 15.9 Å². The first kappa shape index (κ1) is 12.8. The molecular weight excluding hydrogens is 294 g/mol. The highest BCUT2D eigenvalue weighted by Gasteiger charge is 2.06. The largest absolute Gasteiger partial charge is 0.365 e. The molecule has 0 radical (unpaired) electrons. The number of benzene rings is 1. The van der Waals surface area contributed by atoms with Crippen LogP contribution in [0, 0.1) is 6.92 Å². The SMILES string of the molecule is Cc1ccc(CNc2ncnc(NN)c2Br)cc1. The van der Waals surface area contributed by atoms with E-state index in [2.05, 4.69) is 67.8 Å². The number of nitrogen functional groups attached to an aromatic ring is 1. The van der Waals surface area contributed by atoms with Crippen molar-refractivity contribution in [1.29, 1.82) is 0 Å². The lowest BCUT2D eigenvalue weighted by atomic mass is 10.1. The molecule has 0 aliphatic carbocycles. The molecule has 0 bridgehead atoms. The second-order valence-corrected chi connectivity index (χ2v) is 4.66. The predicted molar refractivity (Wildman–Crippen MR) is 76.0 cm³/mol. The molecule has 2 aromatic rings. The summed E-state index contributed by atoms with van der Waals surface area (Å²) in [5, 5.41) is 3.23. The first-order valence-electron chi connectivity index (χ1n) is 5.47. The molecule has 0 unspecified atom stereocenters. The molecule has 0 amide bonds. The number of nitrogens with one attached hydrogen (secondary N) is 2. The minimum absolute atomic E-state index is 0.552. The van der Waals surface area contributed by atoms with Gasteiger partial charge >= 0.3 is 0 Å². The van der Waals surface area contributed by atoms with E-state index in [-0.39, 0.29) is 0 Å². The minimum Gasteiger partial charge on any atom is -0.365 e. The van der Waals surface area contributed by atoms with Gasteiger partial charge in [0.2, 0.25) is 0 Å². The summed E-state index contributed by atoms with van der Waals surface area (Å²) in [6, 6.07) is 8.33. The second-order valence-electron chi connectivity index (χ2n) is 3.87. The van der Waals surface area contributed by atoms with Crippen molar-refractivity contribution in [1.82, 2.24) is 9.97 Å². The summed E-state index contributed by atoms with van der Waals surface area (Å²) in [6.07, 6.45) is 1.46. The third-order valence-corrected chi connectivity index (χ3v) is 3.26. The van der Waals surface area contributed by atoms with Crippen LogP contribution in [0.3, 0.4) is 0 Å². The number of anilines is 2. The lowest BCUT2D eigenvalue weighted by molar-refractivity contribution is 1.06. The fourth-order valence-corrected chi connectivity index (χ4v) is 1.94. The summed E-state index contributed by atoms with van der Waals surface area (Å²) in [7, 11) is 0. The molecule has 0 saturated carbocycles. The van der Waals surface area contributed by atoms with Crippen LogP contribution in [0.1, 0.15) is 11.1 Å². The van der Waals surface area contributed by atoms with Crippen LogP contribution in [-0.2, 0) is 6.54 Å². The summed E-state index contributed by atoms with van der Waals surface area (Å²) >= 11 is 3.40. The Kier molecular flexibility index (Phi) is 4.11. The number of halogens is 1. The highest BCUT2D eigenvalue weighted by atomic mass is 79.9. The molecule has 0 atom stereocenters. The van der Waals surface area contributed by atoms with Gasteiger partial charge in [-0.15, -0.1) is 0 Å². The molecule has 0 aliphatic rings. The fourth-order valence-electron chi connectivity index (χ4n) is 1.49. The highest BCUT2D eigenvalue weighted by molar-refractivity contribution is 9.10. The Morgan fingerprint density at radius 1 is 1.17 bits per heavy atom. The maximum absolute atomic E-state index is 5.35. The normalized spacial score (nSPS) is 10.2. The minimum atomic E-state index is 0.552. The van der Waals surface area contributed by atoms with Gasteiger partial charge in [0.1, 0.15) is 16.6 Å². The molecule has 1 aromatic heterocycles. The van der Waals surface area contributed by atoms with Crippen molar-refractivity contribution in [3.8, 4) is 0 Å². The van der Waals surface area contributed by atoms with E-state index < -0.39 is 0 Å². The third-order valence-electron chi connectivity index (χ3n) is 2.51. The summed E-state index contributed by atoms with van der Waals surface area (Å²) in [5.41, 5.74) is 4.94. The molecule has 6 heteroatoms. The lowest BCUT2D eigenvalue weighted by Crippen LogP contribution is -2.11. The number of rotatable bonds is 4. The summed E-state index contributed by atoms with van der Waals surface area (Å²) in [4.78, 5) is 8.14. The number of hydrogen-bond donors (Lipinski definition) is 3. The molecule has 1 aromatic carbocycles. The van der Waals surface area contributed by atoms with Crippen LogP contribution in [0.5, 0.6) is 0 Å². The Morgan fingerprint density at radius 2 is 1.83 bits per heavy atom. The molecule has 2 rings (SSSR count). The number of aromatic nitrogens is 2. The zero-order valence-corrected chi connectivity index (χ0v) is 11.5. The Hall–Kier alpha value is -1.66. The molecular formula is C12H14BrN5. The maximum atomic E-state index is 5.35. The molecule has 4 N–H and O–H groups in total. The van der Waals surface area contributed by atoms with Gasteiger partial charge in [-0.25, -0.2) is 15.8 Å². The van der Waals surface area contributed by atoms with Crippen LogP contribution in [0.4, 0.5) is 11.6 Å². The Morgan fingerprint density at radius 3 is 2.50 bits per heavy atom. The van der Waals surface area contributed by atoms with Crippen LogP contribution in [0.2, 0.25) is 0 Å². The van der Waals surface area contributed by atoms with Crippen molar-refractivity contribution in [2.75, 3.05) is 10.7 Å². The third kappa shape index (κ3) is 2.96. The molecule has 94 valence electrons. The summed E-state index contributed by atoms with van der Waals surface area (Å²) in [6.45, 7) is 2.76. The Labute approximate surface area is 114 Å². The van der Waals surface area contributed by atoms with Crippen LogP contribution < -0.4 is 16.6 Å². The number of hydrazine groups is 1. The monoisotopic (exact) mass is 307 g/mol. The van der Waals surface area contributed by atoms with Gasteiger partial charge in [0.15, 0.2) is 5.82 Å². The van der Waals surface area contributed by atoms with Gasteiger partial charge in [-0.2, -0.15) is 0 Å². The van der Waals surface area contributed by atoms with Gasteiger partial charge in [-0.3, -0.25) is 0 Å². The Bertz CT molecular complexity index is 526. The van der Waals surface area contributed by atoms with Crippen molar-refractivity contribution in [3.63, 3.8) is 0 Å².